The number of nitrogens with one attached hydrogen (secondary N) is 1. The van der Waals surface area contributed by atoms with E-state index in [1.54, 1.807) is 13.8 Å². The molecule has 1 saturated heterocycles. The minimum atomic E-state index is -2.13. The Morgan fingerprint density at radius 2 is 2.21 bits per heavy atom. The van der Waals surface area contributed by atoms with Crippen LogP contribution in [-0.4, -0.2) is 55.9 Å². The van der Waals surface area contributed by atoms with Gasteiger partial charge in [0.25, 0.3) is 0 Å². The van der Waals surface area contributed by atoms with Gasteiger partial charge in [-0.25, -0.2) is 9.37 Å². The van der Waals surface area contributed by atoms with Crippen molar-refractivity contribution >= 4 is 28.8 Å². The van der Waals surface area contributed by atoms with Crippen LogP contribution in [0.4, 0.5) is 16.2 Å². The number of hydrogen-bond acceptors (Lipinski definition) is 7. The number of fused-ring (bicyclic) bond motifs is 1. The molecule has 0 aromatic carbocycles. The highest BCUT2D eigenvalue weighted by Crippen LogP contribution is 2.43. The minimum absolute atomic E-state index is 0.0647. The lowest BCUT2D eigenvalue weighted by molar-refractivity contribution is -0.118. The van der Waals surface area contributed by atoms with Gasteiger partial charge in [0.2, 0.25) is 18.1 Å². The van der Waals surface area contributed by atoms with Crippen LogP contribution >= 0.6 is 0 Å². The van der Waals surface area contributed by atoms with E-state index >= 15 is 4.39 Å². The van der Waals surface area contributed by atoms with Crippen LogP contribution < -0.4 is 10.2 Å². The topological polar surface area (TPSA) is 105 Å². The van der Waals surface area contributed by atoms with Crippen LogP contribution in [0.5, 0.6) is 0 Å². The number of aliphatic hydroxyl groups excluding tert-OH is 1. The summed E-state index contributed by atoms with van der Waals surface area (Å²) in [6.45, 7) is 10.9. The highest BCUT2D eigenvalue weighted by Gasteiger charge is 2.53. The van der Waals surface area contributed by atoms with Crippen LogP contribution in [0.15, 0.2) is 18.7 Å². The first-order chi connectivity index (χ1) is 13.1. The summed E-state index contributed by atoms with van der Waals surface area (Å²) < 4.78 is 22.0. The van der Waals surface area contributed by atoms with Crippen molar-refractivity contribution in [1.29, 1.82) is 0 Å². The second kappa shape index (κ2) is 7.01. The molecule has 2 aromatic heterocycles. The number of imidazole rings is 1. The molecule has 2 N–H and O–H groups in total. The zero-order valence-corrected chi connectivity index (χ0v) is 16.6. The third-order valence-corrected chi connectivity index (χ3v) is 4.84. The van der Waals surface area contributed by atoms with Crippen molar-refractivity contribution in [3.8, 4) is 0 Å². The summed E-state index contributed by atoms with van der Waals surface area (Å²) in [5.74, 6) is 0.00339. The number of nitrogens with zero attached hydrogens (tertiary/aromatic N) is 5. The van der Waals surface area contributed by atoms with Gasteiger partial charge in [0.15, 0.2) is 22.7 Å². The Bertz CT molecular complexity index is 925. The van der Waals surface area contributed by atoms with Gasteiger partial charge in [-0.3, -0.25) is 14.7 Å². The fraction of sp³-hybridized carbons (Fsp3) is 0.556. The average Bonchev–Trinajstić information content (AvgIpc) is 3.14. The molecule has 0 radical (unpaired) electrons. The van der Waals surface area contributed by atoms with Gasteiger partial charge in [-0.2, -0.15) is 9.97 Å². The molecule has 1 aliphatic rings. The molecule has 1 amide bonds. The first kappa shape index (κ1) is 20.0. The van der Waals surface area contributed by atoms with Gasteiger partial charge < -0.3 is 14.7 Å². The Morgan fingerprint density at radius 1 is 1.54 bits per heavy atom. The molecule has 0 spiro atoms. The summed E-state index contributed by atoms with van der Waals surface area (Å²) in [5, 5.41) is 12.7. The number of carbonyl (C=O) groups excluding carboxylic acids is 1. The number of halogens is 1. The molecule has 0 aliphatic carbocycles. The van der Waals surface area contributed by atoms with E-state index in [2.05, 4.69) is 26.8 Å². The van der Waals surface area contributed by atoms with Gasteiger partial charge in [0, 0.05) is 19.5 Å². The maximum absolute atomic E-state index is 15.1. The molecular weight excluding hydrogens is 367 g/mol. The van der Waals surface area contributed by atoms with Crippen LogP contribution in [0.3, 0.4) is 0 Å². The second-order valence-electron chi connectivity index (χ2n) is 7.34. The molecule has 9 nitrogen and oxygen atoms in total. The van der Waals surface area contributed by atoms with Crippen molar-refractivity contribution in [1.82, 2.24) is 19.5 Å². The molecule has 10 heteroatoms. The summed E-state index contributed by atoms with van der Waals surface area (Å²) in [6, 6.07) is 0. The van der Waals surface area contributed by atoms with E-state index in [0.717, 1.165) is 0 Å². The maximum atomic E-state index is 15.1. The van der Waals surface area contributed by atoms with Gasteiger partial charge in [0.05, 0.1) is 0 Å². The number of alkyl halides is 1. The lowest BCUT2D eigenvalue weighted by atomic mass is 10.0. The molecule has 3 rings (SSSR count). The molecule has 1 aliphatic heterocycles. The molecule has 0 unspecified atom stereocenters. The molecule has 3 atom stereocenters. The lowest BCUT2D eigenvalue weighted by Crippen LogP contribution is -2.36. The molecular formula is C18H25FN6O3. The summed E-state index contributed by atoms with van der Waals surface area (Å²) in [7, 11) is 1.83. The number of ether oxygens (including phenoxy) is 1. The van der Waals surface area contributed by atoms with Crippen LogP contribution in [0, 0.1) is 5.92 Å². The average molecular weight is 392 g/mol. The van der Waals surface area contributed by atoms with E-state index in [4.69, 9.17) is 4.74 Å². The Kier molecular flexibility index (Phi) is 5.00. The molecule has 0 bridgehead atoms. The summed E-state index contributed by atoms with van der Waals surface area (Å²) >= 11 is 0. The quantitative estimate of drug-likeness (QED) is 0.802. The maximum Gasteiger partial charge on any atom is 0.233 e. The number of aromatic nitrogens is 4. The van der Waals surface area contributed by atoms with Crippen molar-refractivity contribution < 1.29 is 19.0 Å². The number of aliphatic hydroxyl groups is 1. The van der Waals surface area contributed by atoms with Crippen LogP contribution in [-0.2, 0) is 9.53 Å². The Morgan fingerprint density at radius 3 is 2.75 bits per heavy atom. The van der Waals surface area contributed by atoms with Crippen molar-refractivity contribution in [3.05, 3.63) is 18.7 Å². The van der Waals surface area contributed by atoms with Gasteiger partial charge >= 0.3 is 0 Å². The van der Waals surface area contributed by atoms with Gasteiger partial charge in [0.1, 0.15) is 18.2 Å². The van der Waals surface area contributed by atoms with E-state index in [1.165, 1.54) is 17.8 Å². The minimum Gasteiger partial charge on any atom is -0.469 e. The largest absolute Gasteiger partial charge is 0.469 e. The van der Waals surface area contributed by atoms with E-state index in [9.17, 15) is 9.90 Å². The van der Waals surface area contributed by atoms with Gasteiger partial charge in [-0.05, 0) is 13.8 Å². The lowest BCUT2D eigenvalue weighted by Gasteiger charge is -2.24. The monoisotopic (exact) mass is 392 g/mol. The summed E-state index contributed by atoms with van der Waals surface area (Å²) in [6.07, 6.45) is -1.30. The highest BCUT2D eigenvalue weighted by molar-refractivity contribution is 5.92. The summed E-state index contributed by atoms with van der Waals surface area (Å²) in [5.41, 5.74) is -1.42. The molecule has 1 fully saturated rings. The van der Waals surface area contributed by atoms with Crippen molar-refractivity contribution in [2.45, 2.75) is 45.7 Å². The molecule has 152 valence electrons. The zero-order chi connectivity index (χ0) is 20.8. The number of hydrogen-bond donors (Lipinski definition) is 2. The first-order valence-electron chi connectivity index (χ1n) is 9.06. The van der Waals surface area contributed by atoms with Crippen molar-refractivity contribution in [2.75, 3.05) is 23.8 Å². The third-order valence-electron chi connectivity index (χ3n) is 4.84. The van der Waals surface area contributed by atoms with Gasteiger partial charge in [-0.1, -0.05) is 20.4 Å². The van der Waals surface area contributed by atoms with Crippen LogP contribution in [0.25, 0.3) is 11.2 Å². The number of amides is 1. The van der Waals surface area contributed by atoms with Crippen LogP contribution in [0.2, 0.25) is 0 Å². The first-order valence-corrected chi connectivity index (χ1v) is 9.06. The number of carbonyl (C=O) groups is 1. The fourth-order valence-electron chi connectivity index (χ4n) is 2.90. The Labute approximate surface area is 162 Å². The summed E-state index contributed by atoms with van der Waals surface area (Å²) in [4.78, 5) is 27.1. The molecule has 2 aromatic rings. The SMILES string of the molecule is C=C1O[C@@H](n2cnc3c(N(C)CC)nc(NC(=O)C(C)C)nc32)[C@](C)(F)[C@@H]1O. The number of rotatable bonds is 5. The Hall–Kier alpha value is -2.75. The molecule has 0 saturated carbocycles. The predicted molar refractivity (Wildman–Crippen MR) is 103 cm³/mol. The van der Waals surface area contributed by atoms with E-state index in [0.29, 0.717) is 17.9 Å². The molecule has 3 heterocycles. The smallest absolute Gasteiger partial charge is 0.233 e. The van der Waals surface area contributed by atoms with E-state index < -0.39 is 18.0 Å². The highest BCUT2D eigenvalue weighted by atomic mass is 19.1. The predicted octanol–water partition coefficient (Wildman–Crippen LogP) is 2.01. The normalized spacial score (nSPS) is 24.6. The zero-order valence-electron chi connectivity index (χ0n) is 16.6. The van der Waals surface area contributed by atoms with Crippen molar-refractivity contribution in [3.63, 3.8) is 0 Å². The van der Waals surface area contributed by atoms with E-state index in [1.807, 2.05) is 18.9 Å². The molecule has 28 heavy (non-hydrogen) atoms. The number of anilines is 2. The third kappa shape index (κ3) is 3.17. The standard InChI is InChI=1S/C18H25FN6O3/c1-7-24(6)13-11-14(22-17(21-13)23-15(27)9(2)3)25(8-20-11)16-18(5,19)12(26)10(4)28-16/h8-9,12,16,26H,4,7H2,1-3,5-6H3,(H,21,22,23,27)/t12-,16-,18-/m1/s1. The van der Waals surface area contributed by atoms with Gasteiger partial charge in [-0.15, -0.1) is 0 Å². The Balaban J connectivity index is 2.15. The van der Waals surface area contributed by atoms with E-state index in [-0.39, 0.29) is 29.2 Å². The van der Waals surface area contributed by atoms with Crippen LogP contribution in [0.1, 0.15) is 33.9 Å². The second-order valence-corrected chi connectivity index (χ2v) is 7.34. The van der Waals surface area contributed by atoms with Crippen molar-refractivity contribution in [2.24, 2.45) is 5.92 Å². The fourth-order valence-corrected chi connectivity index (χ4v) is 2.90.